The summed E-state index contributed by atoms with van der Waals surface area (Å²) in [6.07, 6.45) is -5.80. The molecule has 6 aromatic carbocycles. The molecule has 8 atom stereocenters. The van der Waals surface area contributed by atoms with Crippen molar-refractivity contribution in [2.45, 2.75) is 88.8 Å². The van der Waals surface area contributed by atoms with Crippen LogP contribution < -0.4 is 0 Å². The predicted octanol–water partition coefficient (Wildman–Crippen LogP) is 10.3. The molecule has 9 nitrogen and oxygen atoms in total. The summed E-state index contributed by atoms with van der Waals surface area (Å²) in [7, 11) is 0. The molecule has 2 saturated heterocycles. The van der Waals surface area contributed by atoms with E-state index in [0.717, 1.165) is 33.4 Å². The van der Waals surface area contributed by atoms with Gasteiger partial charge in [-0.2, -0.15) is 0 Å². The number of hydrogen-bond acceptors (Lipinski definition) is 9. The fourth-order valence-electron chi connectivity index (χ4n) is 7.93. The lowest BCUT2D eigenvalue weighted by atomic mass is 9.95. The second kappa shape index (κ2) is 24.1. The van der Waals surface area contributed by atoms with Crippen molar-refractivity contribution in [3.05, 3.63) is 240 Å². The van der Waals surface area contributed by atoms with E-state index in [4.69, 9.17) is 42.6 Å². The van der Waals surface area contributed by atoms with Gasteiger partial charge in [-0.1, -0.05) is 195 Å². The molecular weight excluding hydrogens is 817 g/mol. The molecular formula is C56H58O9. The van der Waals surface area contributed by atoms with Crippen LogP contribution in [0.15, 0.2) is 206 Å². The monoisotopic (exact) mass is 874 g/mol. The van der Waals surface area contributed by atoms with E-state index >= 15 is 0 Å². The van der Waals surface area contributed by atoms with Crippen molar-refractivity contribution in [1.29, 1.82) is 0 Å². The Morgan fingerprint density at radius 2 is 0.600 bits per heavy atom. The van der Waals surface area contributed by atoms with Crippen LogP contribution >= 0.6 is 0 Å². The van der Waals surface area contributed by atoms with Gasteiger partial charge in [0.15, 0.2) is 12.6 Å². The third-order valence-corrected chi connectivity index (χ3v) is 11.4. The Labute approximate surface area is 383 Å². The molecule has 2 fully saturated rings. The van der Waals surface area contributed by atoms with Crippen molar-refractivity contribution in [2.75, 3.05) is 13.2 Å². The highest BCUT2D eigenvalue weighted by Crippen LogP contribution is 2.37. The maximum absolute atomic E-state index is 6.91. The summed E-state index contributed by atoms with van der Waals surface area (Å²) < 4.78 is 60.4. The minimum Gasteiger partial charge on any atom is -0.374 e. The van der Waals surface area contributed by atoms with E-state index < -0.39 is 49.2 Å². The summed E-state index contributed by atoms with van der Waals surface area (Å²) >= 11 is 0. The molecule has 0 aliphatic carbocycles. The third kappa shape index (κ3) is 13.3. The van der Waals surface area contributed by atoms with Gasteiger partial charge in [0.25, 0.3) is 0 Å². The quantitative estimate of drug-likeness (QED) is 0.0619. The van der Waals surface area contributed by atoms with Crippen molar-refractivity contribution in [1.82, 2.24) is 0 Å². The number of ether oxygens (including phenoxy) is 9. The fourth-order valence-corrected chi connectivity index (χ4v) is 7.93. The second-order valence-electron chi connectivity index (χ2n) is 16.3. The van der Waals surface area contributed by atoms with Crippen LogP contribution in [0.1, 0.15) is 33.4 Å². The maximum atomic E-state index is 6.91. The predicted molar refractivity (Wildman–Crippen MR) is 249 cm³/mol. The zero-order chi connectivity index (χ0) is 44.5. The fraction of sp³-hybridized carbons (Fsp3) is 0.286. The first kappa shape index (κ1) is 46.0. The second-order valence-corrected chi connectivity index (χ2v) is 16.3. The van der Waals surface area contributed by atoms with Crippen LogP contribution in [0.2, 0.25) is 0 Å². The molecule has 0 aromatic heterocycles. The third-order valence-electron chi connectivity index (χ3n) is 11.4. The van der Waals surface area contributed by atoms with Gasteiger partial charge < -0.3 is 42.6 Å². The first-order valence-corrected chi connectivity index (χ1v) is 22.3. The number of hydrogen-bond donors (Lipinski definition) is 0. The Balaban J connectivity index is 1.08. The molecule has 336 valence electrons. The van der Waals surface area contributed by atoms with Crippen molar-refractivity contribution in [2.24, 2.45) is 0 Å². The summed E-state index contributed by atoms with van der Waals surface area (Å²) in [6.45, 7) is 11.5. The lowest BCUT2D eigenvalue weighted by Gasteiger charge is -2.46. The topological polar surface area (TPSA) is 83.1 Å². The van der Waals surface area contributed by atoms with Gasteiger partial charge in [-0.05, 0) is 33.4 Å². The first-order chi connectivity index (χ1) is 32.1. The van der Waals surface area contributed by atoms with Gasteiger partial charge >= 0.3 is 0 Å². The molecule has 6 aromatic rings. The summed E-state index contributed by atoms with van der Waals surface area (Å²) in [4.78, 5) is 0. The normalized spacial score (nSPS) is 23.3. The summed E-state index contributed by atoms with van der Waals surface area (Å²) in [5, 5.41) is 0. The van der Waals surface area contributed by atoms with Gasteiger partial charge in [0, 0.05) is 11.1 Å². The minimum absolute atomic E-state index is 0.188. The van der Waals surface area contributed by atoms with Crippen molar-refractivity contribution in [3.63, 3.8) is 0 Å². The SMILES string of the molecule is C=C1[C@@H](O[C@H]2O[C@H](COCc3ccccc3)[C@H](OCc3ccccc3)[C@H](OCc3ccccc3)C2=C)O[C@H](COCc2ccccc2)[C@H](OCc2ccccc2)[C@@H]1OCc1ccccc1. The Morgan fingerprint density at radius 3 is 0.892 bits per heavy atom. The Morgan fingerprint density at radius 1 is 0.338 bits per heavy atom. The average Bonchev–Trinajstić information content (AvgIpc) is 3.36. The van der Waals surface area contributed by atoms with Crippen LogP contribution in [-0.2, 0) is 82.3 Å². The molecule has 0 saturated carbocycles. The average molecular weight is 875 g/mol. The van der Waals surface area contributed by atoms with Gasteiger partial charge in [0.05, 0.1) is 52.9 Å². The lowest BCUT2D eigenvalue weighted by molar-refractivity contribution is -0.312. The standard InChI is InChI=1S/C56H58O9/c1-41-51(59-35-45-25-13-5-14-26-45)53(61-37-47-29-17-7-18-30-47)49(39-57-33-43-21-9-3-10-22-43)63-55(41)65-56-42(2)52(60-36-46-27-15-6-16-28-46)54(62-38-48-31-19-8-20-32-48)50(64-56)40-58-34-44-23-11-4-12-24-44/h3-32,49-56H,1-2,33-40H2/t49-,50-,51-,52-,53+,54+,55-,56-/m1/s1. The maximum Gasteiger partial charge on any atom is 0.186 e. The van der Waals surface area contributed by atoms with Crippen molar-refractivity contribution >= 4 is 0 Å². The van der Waals surface area contributed by atoms with Crippen LogP contribution in [0.4, 0.5) is 0 Å². The largest absolute Gasteiger partial charge is 0.374 e. The highest BCUT2D eigenvalue weighted by Gasteiger charge is 2.48. The van der Waals surface area contributed by atoms with E-state index in [0.29, 0.717) is 50.8 Å². The highest BCUT2D eigenvalue weighted by atomic mass is 16.8. The molecule has 0 bridgehead atoms. The Hall–Kier alpha value is -5.56. The van der Waals surface area contributed by atoms with E-state index in [2.05, 4.69) is 13.2 Å². The van der Waals surface area contributed by atoms with E-state index in [1.54, 1.807) is 0 Å². The van der Waals surface area contributed by atoms with E-state index in [1.165, 1.54) is 0 Å². The molecule has 0 spiro atoms. The molecule has 65 heavy (non-hydrogen) atoms. The van der Waals surface area contributed by atoms with Crippen LogP contribution in [0, 0.1) is 0 Å². The first-order valence-electron chi connectivity index (χ1n) is 22.3. The van der Waals surface area contributed by atoms with E-state index in [-0.39, 0.29) is 13.2 Å². The van der Waals surface area contributed by atoms with Crippen LogP contribution in [-0.4, -0.2) is 62.4 Å². The molecule has 2 heterocycles. The number of rotatable bonds is 22. The zero-order valence-electron chi connectivity index (χ0n) is 36.7. The van der Waals surface area contributed by atoms with Gasteiger partial charge in [0.2, 0.25) is 0 Å². The minimum atomic E-state index is -1.01. The smallest absolute Gasteiger partial charge is 0.186 e. The van der Waals surface area contributed by atoms with Crippen LogP contribution in [0.3, 0.4) is 0 Å². The molecule has 0 radical (unpaired) electrons. The molecule has 2 aliphatic heterocycles. The van der Waals surface area contributed by atoms with Crippen LogP contribution in [0.5, 0.6) is 0 Å². The van der Waals surface area contributed by atoms with Crippen LogP contribution in [0.25, 0.3) is 0 Å². The number of benzene rings is 6. The Bertz CT molecular complexity index is 2130. The van der Waals surface area contributed by atoms with Gasteiger partial charge in [-0.25, -0.2) is 0 Å². The van der Waals surface area contributed by atoms with Gasteiger partial charge in [-0.3, -0.25) is 0 Å². The Kier molecular flexibility index (Phi) is 17.1. The summed E-state index contributed by atoms with van der Waals surface area (Å²) in [5.74, 6) is 0. The van der Waals surface area contributed by atoms with Crippen molar-refractivity contribution < 1.29 is 42.6 Å². The van der Waals surface area contributed by atoms with E-state index in [1.807, 2.05) is 182 Å². The molecule has 9 heteroatoms. The molecule has 8 rings (SSSR count). The van der Waals surface area contributed by atoms with Gasteiger partial charge in [0.1, 0.15) is 36.6 Å². The molecule has 0 amide bonds. The highest BCUT2D eigenvalue weighted by molar-refractivity contribution is 5.22. The van der Waals surface area contributed by atoms with Gasteiger partial charge in [-0.15, -0.1) is 0 Å². The zero-order valence-corrected chi connectivity index (χ0v) is 36.7. The molecule has 2 aliphatic rings. The molecule has 0 N–H and O–H groups in total. The summed E-state index contributed by atoms with van der Waals surface area (Å²) in [6, 6.07) is 60.2. The van der Waals surface area contributed by atoms with E-state index in [9.17, 15) is 0 Å². The molecule has 0 unspecified atom stereocenters. The lowest BCUT2D eigenvalue weighted by Crippen LogP contribution is -2.58. The summed E-state index contributed by atoms with van der Waals surface area (Å²) in [5.41, 5.74) is 7.19. The van der Waals surface area contributed by atoms with Crippen molar-refractivity contribution in [3.8, 4) is 0 Å².